The minimum absolute atomic E-state index is 0.0745. The number of carbonyl (C=O) groups excluding carboxylic acids is 1. The molecule has 5 atom stereocenters. The minimum atomic E-state index is -2.34. The number of hydrogen-bond donors (Lipinski definition) is 3. The van der Waals surface area contributed by atoms with Crippen molar-refractivity contribution in [2.45, 2.75) is 57.1 Å². The Hall–Kier alpha value is -4.98. The number of amides is 1. The molecule has 0 aromatic heterocycles. The molecule has 12 heteroatoms. The first-order valence-electron chi connectivity index (χ1n) is 17.4. The molecule has 5 aromatic carbocycles. The van der Waals surface area contributed by atoms with E-state index in [1.165, 1.54) is 0 Å². The number of nitrogens with zero attached hydrogens (tertiary/aromatic N) is 1. The molecule has 5 aromatic rings. The molecule has 54 heavy (non-hydrogen) atoms. The predicted molar refractivity (Wildman–Crippen MR) is 191 cm³/mol. The summed E-state index contributed by atoms with van der Waals surface area (Å²) in [5.74, 6) is -12.6. The van der Waals surface area contributed by atoms with Gasteiger partial charge in [0.2, 0.25) is 5.82 Å². The van der Waals surface area contributed by atoms with Crippen LogP contribution in [0.4, 0.5) is 22.0 Å². The minimum Gasteiger partial charge on any atom is -0.392 e. The largest absolute Gasteiger partial charge is 0.392 e. The molecule has 0 spiro atoms. The summed E-state index contributed by atoms with van der Waals surface area (Å²) >= 11 is 0. The fraction of sp³-hybridized carbons (Fsp3) is 0.262. The average molecular weight is 747 g/mol. The smallest absolute Gasteiger partial charge is 0.257 e. The number of carbonyl (C=O) groups is 1. The lowest BCUT2D eigenvalue weighted by atomic mass is 9.98. The molecule has 0 saturated carbocycles. The van der Waals surface area contributed by atoms with Gasteiger partial charge in [0, 0.05) is 31.1 Å². The molecule has 1 aliphatic rings. The molecule has 0 bridgehead atoms. The Morgan fingerprint density at radius 3 is 2.06 bits per heavy atom. The second-order valence-electron chi connectivity index (χ2n) is 13.3. The third-order valence-corrected chi connectivity index (χ3v) is 9.73. The van der Waals surface area contributed by atoms with E-state index in [0.717, 1.165) is 33.4 Å². The van der Waals surface area contributed by atoms with Gasteiger partial charge in [-0.2, -0.15) is 0 Å². The summed E-state index contributed by atoms with van der Waals surface area (Å²) in [5, 5.41) is 22.9. The number of ether oxygens (including phenoxy) is 2. The van der Waals surface area contributed by atoms with Crippen molar-refractivity contribution in [3.05, 3.63) is 166 Å². The van der Waals surface area contributed by atoms with Crippen LogP contribution in [-0.4, -0.2) is 46.8 Å². The van der Waals surface area contributed by atoms with Crippen LogP contribution in [0.3, 0.4) is 0 Å². The summed E-state index contributed by atoms with van der Waals surface area (Å²) in [7, 11) is 1.95. The normalized spacial score (nSPS) is 18.4. The van der Waals surface area contributed by atoms with Gasteiger partial charge in [-0.3, -0.25) is 9.69 Å². The maximum atomic E-state index is 14.1. The Labute approximate surface area is 309 Å². The molecular formula is C42H39F5N2O5. The van der Waals surface area contributed by atoms with Gasteiger partial charge in [0.05, 0.1) is 24.9 Å². The maximum absolute atomic E-state index is 14.1. The Bertz CT molecular complexity index is 2040. The molecule has 0 aliphatic carbocycles. The Balaban J connectivity index is 1.17. The molecule has 1 aliphatic heterocycles. The summed E-state index contributed by atoms with van der Waals surface area (Å²) < 4.78 is 82.0. The summed E-state index contributed by atoms with van der Waals surface area (Å²) in [6.07, 6.45) is -1.46. The highest BCUT2D eigenvalue weighted by atomic mass is 19.2. The first kappa shape index (κ1) is 38.7. The highest BCUT2D eigenvalue weighted by Gasteiger charge is 2.34. The SMILES string of the molecule is C[C@@H]([C@H](O)c1ccccc1)N(C)C[C@H]1C[C@@H](c2ccc(CO)cc2)O[C@@H](c2ccc(-c3cccc(CNC(=O)c4c(F)c(F)c(F)c(F)c4F)c3)cc2)O1. The predicted octanol–water partition coefficient (Wildman–Crippen LogP) is 8.07. The van der Waals surface area contributed by atoms with Crippen molar-refractivity contribution in [3.8, 4) is 11.1 Å². The number of benzene rings is 5. The highest BCUT2D eigenvalue weighted by molar-refractivity contribution is 5.94. The number of aliphatic hydroxyl groups is 2. The first-order valence-corrected chi connectivity index (χ1v) is 17.4. The van der Waals surface area contributed by atoms with E-state index in [1.54, 1.807) is 18.2 Å². The quantitative estimate of drug-likeness (QED) is 0.0680. The number of likely N-dealkylation sites (N-methyl/N-ethyl adjacent to an activating group) is 1. The van der Waals surface area contributed by atoms with E-state index in [-0.39, 0.29) is 31.4 Å². The fourth-order valence-electron chi connectivity index (χ4n) is 6.46. The van der Waals surface area contributed by atoms with Crippen LogP contribution in [0.1, 0.15) is 70.0 Å². The lowest BCUT2D eigenvalue weighted by Gasteiger charge is -2.39. The lowest BCUT2D eigenvalue weighted by Crippen LogP contribution is -2.43. The molecule has 1 saturated heterocycles. The van der Waals surface area contributed by atoms with Gasteiger partial charge >= 0.3 is 0 Å². The Morgan fingerprint density at radius 2 is 1.41 bits per heavy atom. The molecule has 0 unspecified atom stereocenters. The number of hydrogen-bond acceptors (Lipinski definition) is 6. The maximum Gasteiger partial charge on any atom is 0.257 e. The van der Waals surface area contributed by atoms with Crippen molar-refractivity contribution >= 4 is 5.91 Å². The molecule has 1 heterocycles. The molecule has 3 N–H and O–H groups in total. The van der Waals surface area contributed by atoms with Crippen molar-refractivity contribution in [3.63, 3.8) is 0 Å². The third kappa shape index (κ3) is 8.53. The Kier molecular flexibility index (Phi) is 12.2. The van der Waals surface area contributed by atoms with Crippen LogP contribution in [0.2, 0.25) is 0 Å². The zero-order chi connectivity index (χ0) is 38.5. The van der Waals surface area contributed by atoms with Crippen molar-refractivity contribution in [2.24, 2.45) is 0 Å². The van der Waals surface area contributed by atoms with Crippen LogP contribution >= 0.6 is 0 Å². The van der Waals surface area contributed by atoms with Crippen LogP contribution in [-0.2, 0) is 22.6 Å². The standard InChI is InChI=1S/C42H39F5N2O5/c1-24(40(51)29-8-4-3-5-9-29)49(2)22-32-20-33(28-13-11-25(23-50)12-14-28)54-42(53-32)30-17-15-27(16-18-30)31-10-6-7-26(19-31)21-48-41(52)34-35(43)37(45)39(47)38(46)36(34)44/h3-19,24,32-33,40,42,50-51H,20-23H2,1-2H3,(H,48,52)/t24-,32+,33-,40-,42-/m0/s1. The van der Waals surface area contributed by atoms with Crippen LogP contribution in [0, 0.1) is 29.1 Å². The molecule has 6 rings (SSSR count). The topological polar surface area (TPSA) is 91.3 Å². The molecule has 282 valence electrons. The van der Waals surface area contributed by atoms with Crippen molar-refractivity contribution in [1.29, 1.82) is 0 Å². The molecule has 0 radical (unpaired) electrons. The van der Waals surface area contributed by atoms with Gasteiger partial charge in [-0.1, -0.05) is 97.1 Å². The second kappa shape index (κ2) is 17.0. The average Bonchev–Trinajstić information content (AvgIpc) is 3.21. The molecular weight excluding hydrogens is 707 g/mol. The third-order valence-electron chi connectivity index (χ3n) is 9.73. The van der Waals surface area contributed by atoms with E-state index < -0.39 is 53.0 Å². The van der Waals surface area contributed by atoms with Crippen LogP contribution in [0.15, 0.2) is 103 Å². The number of nitrogens with one attached hydrogen (secondary N) is 1. The van der Waals surface area contributed by atoms with Crippen molar-refractivity contribution < 1.29 is 46.4 Å². The molecule has 1 amide bonds. The van der Waals surface area contributed by atoms with Crippen LogP contribution in [0.5, 0.6) is 0 Å². The first-order chi connectivity index (χ1) is 25.9. The monoisotopic (exact) mass is 746 g/mol. The van der Waals surface area contributed by atoms with Crippen molar-refractivity contribution in [1.82, 2.24) is 10.2 Å². The summed E-state index contributed by atoms with van der Waals surface area (Å²) in [6.45, 7) is 2.16. The van der Waals surface area contributed by atoms with E-state index >= 15 is 0 Å². The van der Waals surface area contributed by atoms with E-state index in [2.05, 4.69) is 10.2 Å². The van der Waals surface area contributed by atoms with Gasteiger partial charge in [-0.05, 0) is 53.4 Å². The summed E-state index contributed by atoms with van der Waals surface area (Å²) in [5.41, 5.74) is 3.79. The number of aliphatic hydroxyl groups excluding tert-OH is 2. The van der Waals surface area contributed by atoms with Gasteiger partial charge in [0.25, 0.3) is 5.91 Å². The van der Waals surface area contributed by atoms with Gasteiger partial charge in [-0.25, -0.2) is 22.0 Å². The van der Waals surface area contributed by atoms with Gasteiger partial charge < -0.3 is 25.0 Å². The van der Waals surface area contributed by atoms with Crippen LogP contribution < -0.4 is 5.32 Å². The van der Waals surface area contributed by atoms with Gasteiger partial charge in [-0.15, -0.1) is 0 Å². The fourth-order valence-corrected chi connectivity index (χ4v) is 6.46. The Morgan fingerprint density at radius 1 is 0.778 bits per heavy atom. The van der Waals surface area contributed by atoms with E-state index in [9.17, 15) is 37.0 Å². The van der Waals surface area contributed by atoms with Crippen molar-refractivity contribution in [2.75, 3.05) is 13.6 Å². The van der Waals surface area contributed by atoms with E-state index in [0.29, 0.717) is 18.5 Å². The zero-order valence-corrected chi connectivity index (χ0v) is 29.5. The zero-order valence-electron chi connectivity index (χ0n) is 29.5. The molecule has 1 fully saturated rings. The summed E-state index contributed by atoms with van der Waals surface area (Å²) in [6, 6.07) is 31.2. The van der Waals surface area contributed by atoms with Gasteiger partial charge in [0.1, 0.15) is 5.56 Å². The van der Waals surface area contributed by atoms with E-state index in [1.807, 2.05) is 98.9 Å². The number of halogens is 5. The van der Waals surface area contributed by atoms with E-state index in [4.69, 9.17) is 9.47 Å². The van der Waals surface area contributed by atoms with Gasteiger partial charge in [0.15, 0.2) is 29.6 Å². The molecule has 7 nitrogen and oxygen atoms in total. The van der Waals surface area contributed by atoms with Crippen LogP contribution in [0.25, 0.3) is 11.1 Å². The lowest BCUT2D eigenvalue weighted by molar-refractivity contribution is -0.253. The number of rotatable bonds is 12. The highest BCUT2D eigenvalue weighted by Crippen LogP contribution is 2.39. The second-order valence-corrected chi connectivity index (χ2v) is 13.3. The summed E-state index contributed by atoms with van der Waals surface area (Å²) in [4.78, 5) is 14.5.